The molecule has 0 aliphatic heterocycles. The van der Waals surface area contributed by atoms with Gasteiger partial charge in [-0.1, -0.05) is 5.16 Å². The highest BCUT2D eigenvalue weighted by Gasteiger charge is 2.22. The van der Waals surface area contributed by atoms with E-state index < -0.39 is 0 Å². The van der Waals surface area contributed by atoms with E-state index in [1.54, 1.807) is 13.0 Å². The standard InChI is InChI=1S/C15H13FN2O2/c1-7-13(9(3)20-18-7)15-14(8(2)19)11-6-10(16)4-5-12(11)17-15/h4-6,17H,1-3H3. The van der Waals surface area contributed by atoms with Gasteiger partial charge in [-0.3, -0.25) is 4.79 Å². The molecule has 0 aliphatic carbocycles. The molecule has 1 N–H and O–H groups in total. The molecule has 0 saturated carbocycles. The number of nitrogens with zero attached hydrogens (tertiary/aromatic N) is 1. The molecule has 0 aliphatic rings. The summed E-state index contributed by atoms with van der Waals surface area (Å²) in [6, 6.07) is 4.35. The van der Waals surface area contributed by atoms with Crippen molar-refractivity contribution in [2.75, 3.05) is 0 Å². The van der Waals surface area contributed by atoms with Gasteiger partial charge in [-0.15, -0.1) is 0 Å². The lowest BCUT2D eigenvalue weighted by Gasteiger charge is -2.00. The summed E-state index contributed by atoms with van der Waals surface area (Å²) in [4.78, 5) is 15.1. The van der Waals surface area contributed by atoms with E-state index >= 15 is 0 Å². The van der Waals surface area contributed by atoms with Crippen LogP contribution in [-0.4, -0.2) is 15.9 Å². The summed E-state index contributed by atoms with van der Waals surface area (Å²) in [5.74, 6) is 0.123. The Morgan fingerprint density at radius 2 is 2.10 bits per heavy atom. The molecule has 0 unspecified atom stereocenters. The van der Waals surface area contributed by atoms with Crippen LogP contribution in [0.2, 0.25) is 0 Å². The molecule has 3 aromatic rings. The molecule has 0 spiro atoms. The maximum Gasteiger partial charge on any atom is 0.162 e. The number of fused-ring (bicyclic) bond motifs is 1. The first kappa shape index (κ1) is 12.6. The number of carbonyl (C=O) groups is 1. The molecule has 4 nitrogen and oxygen atoms in total. The molecule has 0 radical (unpaired) electrons. The van der Waals surface area contributed by atoms with Gasteiger partial charge in [-0.25, -0.2) is 4.39 Å². The first-order chi connectivity index (χ1) is 9.49. The van der Waals surface area contributed by atoms with E-state index in [9.17, 15) is 9.18 Å². The van der Waals surface area contributed by atoms with E-state index in [-0.39, 0.29) is 11.6 Å². The minimum atomic E-state index is -0.371. The number of rotatable bonds is 2. The van der Waals surface area contributed by atoms with Crippen molar-refractivity contribution in [2.24, 2.45) is 0 Å². The van der Waals surface area contributed by atoms with Crippen molar-refractivity contribution in [1.82, 2.24) is 10.1 Å². The van der Waals surface area contributed by atoms with Gasteiger partial charge in [-0.2, -0.15) is 0 Å². The summed E-state index contributed by atoms with van der Waals surface area (Å²) in [6.07, 6.45) is 0. The topological polar surface area (TPSA) is 58.9 Å². The van der Waals surface area contributed by atoms with Gasteiger partial charge in [0.05, 0.1) is 22.5 Å². The summed E-state index contributed by atoms with van der Waals surface area (Å²) in [5.41, 5.74) is 3.26. The van der Waals surface area contributed by atoms with E-state index in [0.717, 1.165) is 5.56 Å². The maximum absolute atomic E-state index is 13.4. The van der Waals surface area contributed by atoms with Crippen molar-refractivity contribution in [1.29, 1.82) is 0 Å². The van der Waals surface area contributed by atoms with Crippen LogP contribution in [0.1, 0.15) is 28.7 Å². The molecule has 1 aromatic carbocycles. The largest absolute Gasteiger partial charge is 0.361 e. The van der Waals surface area contributed by atoms with Gasteiger partial charge in [-0.05, 0) is 39.0 Å². The normalized spacial score (nSPS) is 11.2. The Morgan fingerprint density at radius 3 is 2.70 bits per heavy atom. The molecule has 3 rings (SSSR count). The van der Waals surface area contributed by atoms with E-state index in [2.05, 4.69) is 10.1 Å². The number of H-pyrrole nitrogens is 1. The number of nitrogens with one attached hydrogen (secondary N) is 1. The van der Waals surface area contributed by atoms with Crippen LogP contribution in [0.15, 0.2) is 22.7 Å². The summed E-state index contributed by atoms with van der Waals surface area (Å²) >= 11 is 0. The molecular formula is C15H13FN2O2. The van der Waals surface area contributed by atoms with Gasteiger partial charge in [0.2, 0.25) is 0 Å². The number of aryl methyl sites for hydroxylation is 2. The smallest absolute Gasteiger partial charge is 0.162 e. The van der Waals surface area contributed by atoms with Gasteiger partial charge < -0.3 is 9.51 Å². The van der Waals surface area contributed by atoms with Crippen LogP contribution in [-0.2, 0) is 0 Å². The minimum absolute atomic E-state index is 0.128. The van der Waals surface area contributed by atoms with Crippen LogP contribution in [0.3, 0.4) is 0 Å². The molecule has 5 heteroatoms. The summed E-state index contributed by atoms with van der Waals surface area (Å²) in [5, 5.41) is 4.48. The third-order valence-corrected chi connectivity index (χ3v) is 3.40. The molecule has 0 amide bonds. The molecular weight excluding hydrogens is 259 g/mol. The van der Waals surface area contributed by atoms with Crippen LogP contribution < -0.4 is 0 Å². The fraction of sp³-hybridized carbons (Fsp3) is 0.200. The van der Waals surface area contributed by atoms with E-state index in [1.165, 1.54) is 19.1 Å². The van der Waals surface area contributed by atoms with Crippen molar-refractivity contribution in [3.05, 3.63) is 41.0 Å². The molecule has 0 fully saturated rings. The zero-order valence-corrected chi connectivity index (χ0v) is 11.4. The quantitative estimate of drug-likeness (QED) is 0.722. The van der Waals surface area contributed by atoms with Crippen LogP contribution in [0.5, 0.6) is 0 Å². The highest BCUT2D eigenvalue weighted by Crippen LogP contribution is 2.34. The van der Waals surface area contributed by atoms with Gasteiger partial charge >= 0.3 is 0 Å². The average molecular weight is 272 g/mol. The second kappa shape index (κ2) is 4.30. The third-order valence-electron chi connectivity index (χ3n) is 3.40. The number of hydrogen-bond donors (Lipinski definition) is 1. The predicted molar refractivity (Wildman–Crippen MR) is 73.2 cm³/mol. The number of carbonyl (C=O) groups excluding carboxylic acids is 1. The van der Waals surface area contributed by atoms with Crippen molar-refractivity contribution in [3.63, 3.8) is 0 Å². The fourth-order valence-electron chi connectivity index (χ4n) is 2.56. The molecule has 2 aromatic heterocycles. The number of Topliss-reactive ketones (excluding diaryl/α,β-unsaturated/α-hetero) is 1. The van der Waals surface area contributed by atoms with Gasteiger partial charge in [0.25, 0.3) is 0 Å². The number of aromatic amines is 1. The van der Waals surface area contributed by atoms with Crippen LogP contribution >= 0.6 is 0 Å². The van der Waals surface area contributed by atoms with Gasteiger partial charge in [0.15, 0.2) is 5.78 Å². The van der Waals surface area contributed by atoms with E-state index in [1.807, 2.05) is 6.92 Å². The van der Waals surface area contributed by atoms with Crippen molar-refractivity contribution >= 4 is 16.7 Å². The zero-order valence-electron chi connectivity index (χ0n) is 11.4. The minimum Gasteiger partial charge on any atom is -0.361 e. The highest BCUT2D eigenvalue weighted by molar-refractivity contribution is 6.12. The lowest BCUT2D eigenvalue weighted by molar-refractivity contribution is 0.102. The Labute approximate surface area is 114 Å². The number of benzene rings is 1. The summed E-state index contributed by atoms with van der Waals surface area (Å²) in [6.45, 7) is 5.06. The van der Waals surface area contributed by atoms with E-state index in [4.69, 9.17) is 4.52 Å². The maximum atomic E-state index is 13.4. The Morgan fingerprint density at radius 1 is 1.35 bits per heavy atom. The molecule has 0 atom stereocenters. The average Bonchev–Trinajstić information content (AvgIpc) is 2.89. The highest BCUT2D eigenvalue weighted by atomic mass is 19.1. The SMILES string of the molecule is CC(=O)c1c(-c2c(C)noc2C)[nH]c2ccc(F)cc12. The van der Waals surface area contributed by atoms with Crippen LogP contribution in [0, 0.1) is 19.7 Å². The van der Waals surface area contributed by atoms with Crippen LogP contribution in [0.25, 0.3) is 22.2 Å². The Kier molecular flexibility index (Phi) is 2.71. The molecule has 0 saturated heterocycles. The lowest BCUT2D eigenvalue weighted by Crippen LogP contribution is -1.95. The number of halogens is 1. The number of aromatic nitrogens is 2. The van der Waals surface area contributed by atoms with Gasteiger partial charge in [0.1, 0.15) is 11.6 Å². The van der Waals surface area contributed by atoms with E-state index in [0.29, 0.717) is 33.6 Å². The first-order valence-corrected chi connectivity index (χ1v) is 6.24. The Bertz CT molecular complexity index is 810. The molecule has 2 heterocycles. The predicted octanol–water partition coefficient (Wildman–Crippen LogP) is 3.78. The Hall–Kier alpha value is -2.43. The molecule has 20 heavy (non-hydrogen) atoms. The van der Waals surface area contributed by atoms with Crippen molar-refractivity contribution in [3.8, 4) is 11.3 Å². The van der Waals surface area contributed by atoms with Gasteiger partial charge in [0, 0.05) is 10.9 Å². The summed E-state index contributed by atoms with van der Waals surface area (Å²) < 4.78 is 18.6. The first-order valence-electron chi connectivity index (χ1n) is 6.24. The van der Waals surface area contributed by atoms with Crippen LogP contribution in [0.4, 0.5) is 4.39 Å². The number of hydrogen-bond acceptors (Lipinski definition) is 3. The third kappa shape index (κ3) is 1.74. The fourth-order valence-corrected chi connectivity index (χ4v) is 2.56. The summed E-state index contributed by atoms with van der Waals surface area (Å²) in [7, 11) is 0. The molecule has 102 valence electrons. The second-order valence-corrected chi connectivity index (χ2v) is 4.82. The second-order valence-electron chi connectivity index (χ2n) is 4.82. The number of ketones is 1. The molecule has 0 bridgehead atoms. The monoisotopic (exact) mass is 272 g/mol. The zero-order chi connectivity index (χ0) is 14.4. The van der Waals surface area contributed by atoms with Crippen molar-refractivity contribution < 1.29 is 13.7 Å². The van der Waals surface area contributed by atoms with Crippen molar-refractivity contribution in [2.45, 2.75) is 20.8 Å². The lowest BCUT2D eigenvalue weighted by atomic mass is 10.0. The Balaban J connectivity index is 2.42.